The minimum absolute atomic E-state index is 0.199. The third kappa shape index (κ3) is 3.87. The summed E-state index contributed by atoms with van der Waals surface area (Å²) in [6.07, 6.45) is 2.02. The molecule has 1 aliphatic rings. The molecule has 3 rings (SSSR count). The Labute approximate surface area is 132 Å². The zero-order chi connectivity index (χ0) is 15.2. The van der Waals surface area contributed by atoms with Crippen molar-refractivity contribution < 1.29 is 9.84 Å². The van der Waals surface area contributed by atoms with Gasteiger partial charge in [-0.05, 0) is 29.2 Å². The quantitative estimate of drug-likeness (QED) is 0.853. The number of aliphatic hydroxyl groups is 1. The molecule has 0 saturated carbocycles. The van der Waals surface area contributed by atoms with Gasteiger partial charge in [-0.1, -0.05) is 42.5 Å². The predicted octanol–water partition coefficient (Wildman–Crippen LogP) is 2.66. The normalized spacial score (nSPS) is 13.2. The van der Waals surface area contributed by atoms with Crippen molar-refractivity contribution >= 4 is 0 Å². The molecule has 0 bridgehead atoms. The number of fused-ring (bicyclic) bond motifs is 1. The summed E-state index contributed by atoms with van der Waals surface area (Å²) in [5, 5.41) is 9.28. The van der Waals surface area contributed by atoms with Crippen LogP contribution in [0.3, 0.4) is 0 Å². The molecule has 0 atom stereocenters. The highest BCUT2D eigenvalue weighted by Crippen LogP contribution is 2.26. The lowest BCUT2D eigenvalue weighted by Gasteiger charge is -2.21. The van der Waals surface area contributed by atoms with Crippen molar-refractivity contribution in [3.05, 3.63) is 65.2 Å². The second kappa shape index (κ2) is 7.43. The van der Waals surface area contributed by atoms with Crippen molar-refractivity contribution in [2.24, 2.45) is 0 Å². The fraction of sp³-hybridized carbons (Fsp3) is 0.368. The van der Waals surface area contributed by atoms with E-state index in [1.54, 1.807) is 0 Å². The highest BCUT2D eigenvalue weighted by molar-refractivity contribution is 5.39. The van der Waals surface area contributed by atoms with Crippen molar-refractivity contribution in [2.45, 2.75) is 19.4 Å². The van der Waals surface area contributed by atoms with Crippen LogP contribution >= 0.6 is 0 Å². The fourth-order valence-corrected chi connectivity index (χ4v) is 2.94. The molecule has 3 nitrogen and oxygen atoms in total. The summed E-state index contributed by atoms with van der Waals surface area (Å²) in [4.78, 5) is 2.30. The van der Waals surface area contributed by atoms with Crippen LogP contribution in [0.4, 0.5) is 0 Å². The second-order valence-electron chi connectivity index (χ2n) is 5.78. The summed E-state index contributed by atoms with van der Waals surface area (Å²) in [7, 11) is 0. The van der Waals surface area contributed by atoms with E-state index in [1.807, 2.05) is 6.07 Å². The molecule has 116 valence electrons. The number of hydrogen-bond acceptors (Lipinski definition) is 3. The maximum atomic E-state index is 9.28. The van der Waals surface area contributed by atoms with Gasteiger partial charge >= 0.3 is 0 Å². The molecule has 0 spiro atoms. The highest BCUT2D eigenvalue weighted by atomic mass is 16.5. The zero-order valence-corrected chi connectivity index (χ0v) is 12.9. The standard InChI is InChI=1S/C19H23NO2/c21-12-11-20(15-17-4-2-1-3-5-17)10-8-16-6-7-19-18(14-16)9-13-22-19/h1-7,14,21H,8-13,15H2. The number of benzene rings is 2. The van der Waals surface area contributed by atoms with E-state index in [1.165, 1.54) is 16.7 Å². The molecular weight excluding hydrogens is 274 g/mol. The smallest absolute Gasteiger partial charge is 0.122 e. The van der Waals surface area contributed by atoms with Gasteiger partial charge in [-0.2, -0.15) is 0 Å². The summed E-state index contributed by atoms with van der Waals surface area (Å²) in [5.41, 5.74) is 3.97. The van der Waals surface area contributed by atoms with Crippen LogP contribution in [0.2, 0.25) is 0 Å². The monoisotopic (exact) mass is 297 g/mol. The number of rotatable bonds is 7. The first-order valence-electron chi connectivity index (χ1n) is 7.97. The second-order valence-corrected chi connectivity index (χ2v) is 5.78. The Morgan fingerprint density at radius 2 is 1.86 bits per heavy atom. The van der Waals surface area contributed by atoms with Crippen LogP contribution in [0.15, 0.2) is 48.5 Å². The van der Waals surface area contributed by atoms with Crippen LogP contribution in [0, 0.1) is 0 Å². The maximum absolute atomic E-state index is 9.28. The molecule has 0 aliphatic carbocycles. The lowest BCUT2D eigenvalue weighted by Crippen LogP contribution is -2.28. The number of hydrogen-bond donors (Lipinski definition) is 1. The third-order valence-corrected chi connectivity index (χ3v) is 4.14. The Balaban J connectivity index is 1.59. The van der Waals surface area contributed by atoms with Crippen LogP contribution in [-0.2, 0) is 19.4 Å². The summed E-state index contributed by atoms with van der Waals surface area (Å²) < 4.78 is 5.55. The molecule has 0 saturated heterocycles. The Hall–Kier alpha value is -1.84. The molecule has 0 amide bonds. The van der Waals surface area contributed by atoms with Gasteiger partial charge in [0.05, 0.1) is 13.2 Å². The number of aliphatic hydroxyl groups excluding tert-OH is 1. The van der Waals surface area contributed by atoms with Gasteiger partial charge < -0.3 is 9.84 Å². The molecule has 1 N–H and O–H groups in total. The fourth-order valence-electron chi connectivity index (χ4n) is 2.94. The SMILES string of the molecule is OCCN(CCc1ccc2c(c1)CCO2)Cc1ccccc1. The third-order valence-electron chi connectivity index (χ3n) is 4.14. The van der Waals surface area contributed by atoms with Crippen LogP contribution in [-0.4, -0.2) is 36.3 Å². The topological polar surface area (TPSA) is 32.7 Å². The molecule has 3 heteroatoms. The van der Waals surface area contributed by atoms with Crippen LogP contribution < -0.4 is 4.74 Å². The summed E-state index contributed by atoms with van der Waals surface area (Å²) >= 11 is 0. The van der Waals surface area contributed by atoms with E-state index in [4.69, 9.17) is 4.74 Å². The van der Waals surface area contributed by atoms with Gasteiger partial charge in [-0.15, -0.1) is 0 Å². The summed E-state index contributed by atoms with van der Waals surface area (Å²) in [5.74, 6) is 1.04. The first-order chi connectivity index (χ1) is 10.8. The van der Waals surface area contributed by atoms with Crippen molar-refractivity contribution in [3.63, 3.8) is 0 Å². The molecule has 1 heterocycles. The molecule has 2 aromatic carbocycles. The molecule has 2 aromatic rings. The van der Waals surface area contributed by atoms with Crippen molar-refractivity contribution in [3.8, 4) is 5.75 Å². The molecule has 1 aliphatic heterocycles. The zero-order valence-electron chi connectivity index (χ0n) is 12.9. The summed E-state index contributed by atoms with van der Waals surface area (Å²) in [6.45, 7) is 3.56. The van der Waals surface area contributed by atoms with Crippen LogP contribution in [0.5, 0.6) is 5.75 Å². The Bertz CT molecular complexity index is 598. The summed E-state index contributed by atoms with van der Waals surface area (Å²) in [6, 6.07) is 16.9. The first kappa shape index (κ1) is 15.1. The Morgan fingerprint density at radius 1 is 1.00 bits per heavy atom. The Kier molecular flexibility index (Phi) is 5.09. The van der Waals surface area contributed by atoms with Crippen LogP contribution in [0.1, 0.15) is 16.7 Å². The van der Waals surface area contributed by atoms with E-state index in [-0.39, 0.29) is 6.61 Å². The van der Waals surface area contributed by atoms with Gasteiger partial charge in [0.2, 0.25) is 0 Å². The molecule has 0 fully saturated rings. The van der Waals surface area contributed by atoms with E-state index >= 15 is 0 Å². The van der Waals surface area contributed by atoms with E-state index in [2.05, 4.69) is 47.4 Å². The minimum Gasteiger partial charge on any atom is -0.493 e. The minimum atomic E-state index is 0.199. The largest absolute Gasteiger partial charge is 0.493 e. The van der Waals surface area contributed by atoms with Gasteiger partial charge in [0, 0.05) is 26.1 Å². The van der Waals surface area contributed by atoms with Gasteiger partial charge in [0.25, 0.3) is 0 Å². The molecule has 0 radical (unpaired) electrons. The average molecular weight is 297 g/mol. The van der Waals surface area contributed by atoms with E-state index in [9.17, 15) is 5.11 Å². The Morgan fingerprint density at radius 3 is 2.68 bits per heavy atom. The van der Waals surface area contributed by atoms with Gasteiger partial charge in [0.15, 0.2) is 0 Å². The number of nitrogens with zero attached hydrogens (tertiary/aromatic N) is 1. The maximum Gasteiger partial charge on any atom is 0.122 e. The van der Waals surface area contributed by atoms with Crippen LogP contribution in [0.25, 0.3) is 0 Å². The van der Waals surface area contributed by atoms with E-state index < -0.39 is 0 Å². The highest BCUT2D eigenvalue weighted by Gasteiger charge is 2.12. The first-order valence-corrected chi connectivity index (χ1v) is 7.97. The van der Waals surface area contributed by atoms with Gasteiger partial charge in [-0.3, -0.25) is 4.90 Å². The average Bonchev–Trinajstić information content (AvgIpc) is 3.01. The number of ether oxygens (including phenoxy) is 1. The lowest BCUT2D eigenvalue weighted by atomic mass is 10.1. The van der Waals surface area contributed by atoms with E-state index in [0.29, 0.717) is 6.54 Å². The predicted molar refractivity (Wildman–Crippen MR) is 88.1 cm³/mol. The van der Waals surface area contributed by atoms with Gasteiger partial charge in [0.1, 0.15) is 5.75 Å². The molecule has 22 heavy (non-hydrogen) atoms. The molecule has 0 aromatic heterocycles. The van der Waals surface area contributed by atoms with Crippen molar-refractivity contribution in [1.82, 2.24) is 4.90 Å². The van der Waals surface area contributed by atoms with E-state index in [0.717, 1.165) is 38.3 Å². The van der Waals surface area contributed by atoms with Crippen molar-refractivity contribution in [2.75, 3.05) is 26.3 Å². The van der Waals surface area contributed by atoms with Crippen molar-refractivity contribution in [1.29, 1.82) is 0 Å². The molecular formula is C19H23NO2. The lowest BCUT2D eigenvalue weighted by molar-refractivity contribution is 0.191. The molecule has 0 unspecified atom stereocenters. The van der Waals surface area contributed by atoms with Gasteiger partial charge in [-0.25, -0.2) is 0 Å².